The first kappa shape index (κ1) is 23.2. The summed E-state index contributed by atoms with van der Waals surface area (Å²) in [6.07, 6.45) is 1.33. The number of rotatable bonds is 6. The van der Waals surface area contributed by atoms with Crippen LogP contribution in [0.4, 0.5) is 14.5 Å². The number of anilines is 1. The second-order valence-corrected chi connectivity index (χ2v) is 9.60. The van der Waals surface area contributed by atoms with E-state index in [1.165, 1.54) is 16.7 Å². The van der Waals surface area contributed by atoms with E-state index < -0.39 is 22.6 Å². The van der Waals surface area contributed by atoms with E-state index in [2.05, 4.69) is 15.0 Å². The maximum Gasteiger partial charge on any atom is 0.302 e. The third-order valence-electron chi connectivity index (χ3n) is 6.15. The molecule has 3 heterocycles. The van der Waals surface area contributed by atoms with E-state index in [9.17, 15) is 17.8 Å². The predicted molar refractivity (Wildman–Crippen MR) is 135 cm³/mol. The van der Waals surface area contributed by atoms with Crippen molar-refractivity contribution >= 4 is 38.5 Å². The maximum absolute atomic E-state index is 14.9. The molecule has 4 aromatic rings. The quantitative estimate of drug-likeness (QED) is 0.390. The van der Waals surface area contributed by atoms with Crippen molar-refractivity contribution in [2.45, 2.75) is 13.0 Å². The molecular weight excluding hydrogens is 502 g/mol. The molecule has 0 saturated heterocycles. The number of halogens is 2. The second-order valence-electron chi connectivity index (χ2n) is 8.42. The van der Waals surface area contributed by atoms with Crippen LogP contribution in [0.3, 0.4) is 0 Å². The molecule has 1 amide bonds. The van der Waals surface area contributed by atoms with Crippen molar-refractivity contribution in [3.05, 3.63) is 83.4 Å². The minimum Gasteiger partial charge on any atom is -0.489 e. The number of nitrogens with zero attached hydrogens (tertiary/aromatic N) is 2. The first-order valence-corrected chi connectivity index (χ1v) is 12.7. The van der Waals surface area contributed by atoms with Crippen molar-refractivity contribution in [1.82, 2.24) is 14.3 Å². The standard InChI is InChI=1S/C26H20F2N4O4S/c1-2-35-26-30-18-11-10-17(27)23(28)24(18)32(26)20-5-3-4-16-19(13-36-25(16)20)29-15-8-6-14(7-9-15)21-12-22(33)31-37(21)34/h3-12,19,29H,2,13H2,1H3,(H,31,33)/t19-,37?/m1/s1. The highest BCUT2D eigenvalue weighted by atomic mass is 32.2. The molecule has 2 atom stereocenters. The topological polar surface area (TPSA) is 94.5 Å². The van der Waals surface area contributed by atoms with Gasteiger partial charge in [0.25, 0.3) is 5.91 Å². The number of imidazole rings is 1. The van der Waals surface area contributed by atoms with Crippen LogP contribution < -0.4 is 19.5 Å². The average Bonchev–Trinajstić information content (AvgIpc) is 3.57. The van der Waals surface area contributed by atoms with Crippen LogP contribution >= 0.6 is 0 Å². The van der Waals surface area contributed by atoms with Gasteiger partial charge in [-0.1, -0.05) is 24.3 Å². The fraction of sp³-hybridized carbons (Fsp3) is 0.154. The number of carbonyl (C=O) groups is 1. The van der Waals surface area contributed by atoms with Gasteiger partial charge in [0.2, 0.25) is 0 Å². The van der Waals surface area contributed by atoms with Crippen molar-refractivity contribution in [3.63, 3.8) is 0 Å². The Kier molecular flexibility index (Phi) is 5.64. The number of hydrogen-bond donors (Lipinski definition) is 2. The van der Waals surface area contributed by atoms with Crippen LogP contribution in [0.25, 0.3) is 21.6 Å². The van der Waals surface area contributed by atoms with Crippen LogP contribution in [-0.4, -0.2) is 32.9 Å². The maximum atomic E-state index is 14.9. The zero-order valence-corrected chi connectivity index (χ0v) is 20.3. The van der Waals surface area contributed by atoms with Crippen LogP contribution in [0.2, 0.25) is 0 Å². The number of ether oxygens (including phenoxy) is 2. The van der Waals surface area contributed by atoms with Crippen molar-refractivity contribution in [1.29, 1.82) is 0 Å². The number of hydrogen-bond acceptors (Lipinski definition) is 6. The third-order valence-corrected chi connectivity index (χ3v) is 7.29. The van der Waals surface area contributed by atoms with Gasteiger partial charge in [0.1, 0.15) is 17.9 Å². The lowest BCUT2D eigenvalue weighted by Crippen LogP contribution is -2.16. The van der Waals surface area contributed by atoms with Gasteiger partial charge in [-0.05, 0) is 42.8 Å². The number of para-hydroxylation sites is 1. The molecule has 37 heavy (non-hydrogen) atoms. The Balaban J connectivity index is 1.34. The smallest absolute Gasteiger partial charge is 0.302 e. The summed E-state index contributed by atoms with van der Waals surface area (Å²) >= 11 is 0. The highest BCUT2D eigenvalue weighted by Gasteiger charge is 2.30. The van der Waals surface area contributed by atoms with Crippen LogP contribution in [0.1, 0.15) is 24.1 Å². The minimum atomic E-state index is -1.56. The molecule has 1 aromatic heterocycles. The summed E-state index contributed by atoms with van der Waals surface area (Å²) in [7, 11) is -1.56. The van der Waals surface area contributed by atoms with Gasteiger partial charge >= 0.3 is 6.01 Å². The van der Waals surface area contributed by atoms with Crippen molar-refractivity contribution in [2.24, 2.45) is 0 Å². The van der Waals surface area contributed by atoms with Crippen molar-refractivity contribution < 1.29 is 27.3 Å². The van der Waals surface area contributed by atoms with Gasteiger partial charge in [-0.3, -0.25) is 14.1 Å². The molecule has 2 N–H and O–H groups in total. The number of fused-ring (bicyclic) bond motifs is 2. The fourth-order valence-corrected chi connectivity index (χ4v) is 5.44. The highest BCUT2D eigenvalue weighted by Crippen LogP contribution is 2.42. The van der Waals surface area contributed by atoms with E-state index in [0.717, 1.165) is 17.3 Å². The van der Waals surface area contributed by atoms with E-state index in [-0.39, 0.29) is 35.6 Å². The first-order valence-electron chi connectivity index (χ1n) is 11.5. The molecule has 188 valence electrons. The Bertz CT molecular complexity index is 1620. The van der Waals surface area contributed by atoms with E-state index in [0.29, 0.717) is 28.5 Å². The monoisotopic (exact) mass is 522 g/mol. The van der Waals surface area contributed by atoms with Crippen LogP contribution in [0, 0.1) is 11.6 Å². The van der Waals surface area contributed by atoms with E-state index in [1.54, 1.807) is 25.1 Å². The summed E-state index contributed by atoms with van der Waals surface area (Å²) < 4.78 is 56.6. The summed E-state index contributed by atoms with van der Waals surface area (Å²) in [6, 6.07) is 15.0. The molecule has 6 rings (SSSR count). The molecule has 0 bridgehead atoms. The molecule has 0 spiro atoms. The lowest BCUT2D eigenvalue weighted by molar-refractivity contribution is -0.114. The summed E-state index contributed by atoms with van der Waals surface area (Å²) in [6.45, 7) is 2.38. The zero-order chi connectivity index (χ0) is 25.7. The summed E-state index contributed by atoms with van der Waals surface area (Å²) in [5.74, 6) is -1.87. The lowest BCUT2D eigenvalue weighted by Gasteiger charge is -2.15. The lowest BCUT2D eigenvalue weighted by atomic mass is 10.1. The molecule has 3 aromatic carbocycles. The molecule has 0 aliphatic carbocycles. The Morgan fingerprint density at radius 1 is 1.19 bits per heavy atom. The van der Waals surface area contributed by atoms with Crippen LogP contribution in [0.5, 0.6) is 11.8 Å². The molecule has 2 aliphatic rings. The van der Waals surface area contributed by atoms with Crippen LogP contribution in [0.15, 0.2) is 60.7 Å². The average molecular weight is 523 g/mol. The van der Waals surface area contributed by atoms with Crippen molar-refractivity contribution in [3.8, 4) is 17.4 Å². The number of nitrogens with one attached hydrogen (secondary N) is 2. The predicted octanol–water partition coefficient (Wildman–Crippen LogP) is 4.38. The van der Waals surface area contributed by atoms with Gasteiger partial charge in [-0.25, -0.2) is 13.0 Å². The fourth-order valence-electron chi connectivity index (χ4n) is 4.53. The van der Waals surface area contributed by atoms with Gasteiger partial charge in [-0.15, -0.1) is 0 Å². The molecule has 8 nitrogen and oxygen atoms in total. The van der Waals surface area contributed by atoms with Crippen molar-refractivity contribution in [2.75, 3.05) is 18.5 Å². The summed E-state index contributed by atoms with van der Waals surface area (Å²) in [5.41, 5.74) is 3.02. The number of amides is 1. The summed E-state index contributed by atoms with van der Waals surface area (Å²) in [4.78, 5) is 16.3. The molecule has 2 aliphatic heterocycles. The normalized spacial score (nSPS) is 18.4. The Labute approximate surface area is 212 Å². The molecule has 0 saturated carbocycles. The third kappa shape index (κ3) is 3.91. The molecule has 11 heteroatoms. The molecule has 0 radical (unpaired) electrons. The zero-order valence-electron chi connectivity index (χ0n) is 19.5. The minimum absolute atomic E-state index is 0.0287. The van der Waals surface area contributed by atoms with Gasteiger partial charge in [0, 0.05) is 17.3 Å². The van der Waals surface area contributed by atoms with Gasteiger partial charge in [-0.2, -0.15) is 4.98 Å². The van der Waals surface area contributed by atoms with Gasteiger partial charge < -0.3 is 14.8 Å². The second kappa shape index (κ2) is 9.00. The number of aromatic nitrogens is 2. The molecule has 1 unspecified atom stereocenters. The Hall–Kier alpha value is -4.25. The van der Waals surface area contributed by atoms with Gasteiger partial charge in [0.15, 0.2) is 22.6 Å². The van der Waals surface area contributed by atoms with E-state index >= 15 is 0 Å². The highest BCUT2D eigenvalue weighted by molar-refractivity contribution is 7.93. The Morgan fingerprint density at radius 3 is 2.73 bits per heavy atom. The van der Waals surface area contributed by atoms with Crippen LogP contribution in [-0.2, 0) is 15.8 Å². The summed E-state index contributed by atoms with van der Waals surface area (Å²) in [5, 5.41) is 3.41. The molecule has 0 fully saturated rings. The largest absolute Gasteiger partial charge is 0.489 e. The Morgan fingerprint density at radius 2 is 2.00 bits per heavy atom. The number of benzene rings is 3. The number of carbonyl (C=O) groups excluding carboxylic acids is 1. The van der Waals surface area contributed by atoms with Gasteiger partial charge in [0.05, 0.1) is 28.8 Å². The molecular formula is C26H20F2N4O4S. The SMILES string of the molecule is CCOc1nc2ccc(F)c(F)c2n1-c1cccc2c1OC[C@H]2Nc1ccc(C2=CC(=O)NS2=O)cc1. The van der Waals surface area contributed by atoms with E-state index in [4.69, 9.17) is 9.47 Å². The van der Waals surface area contributed by atoms with E-state index in [1.807, 2.05) is 24.3 Å². The first-order chi connectivity index (χ1) is 17.9.